The molecule has 0 fully saturated rings. The second-order valence-corrected chi connectivity index (χ2v) is 3.40. The second-order valence-electron chi connectivity index (χ2n) is 3.40. The number of rotatable bonds is 3. The van der Waals surface area contributed by atoms with Crippen LogP contribution in [-0.2, 0) is 0 Å². The Labute approximate surface area is 136 Å². The van der Waals surface area contributed by atoms with E-state index in [1.165, 1.54) is 12.1 Å². The first kappa shape index (κ1) is 17.8. The molecular weight excluding hydrogens is 251 g/mol. The molecule has 2 rings (SSSR count). The van der Waals surface area contributed by atoms with Crippen molar-refractivity contribution in [3.63, 3.8) is 0 Å². The van der Waals surface area contributed by atoms with Crippen molar-refractivity contribution in [2.24, 2.45) is 0 Å². The van der Waals surface area contributed by atoms with E-state index in [2.05, 4.69) is 0 Å². The number of para-hydroxylation sites is 3. The van der Waals surface area contributed by atoms with Gasteiger partial charge < -0.3 is 14.6 Å². The zero-order chi connectivity index (χ0) is 13.2. The normalized spacial score (nSPS) is 8.53. The Morgan fingerprint density at radius 2 is 1.42 bits per heavy atom. The molecule has 0 bridgehead atoms. The first-order chi connectivity index (χ1) is 8.77. The van der Waals surface area contributed by atoms with Gasteiger partial charge in [0.15, 0.2) is 11.5 Å². The third-order valence-corrected chi connectivity index (χ3v) is 2.11. The molecule has 4 heteroatoms. The van der Waals surface area contributed by atoms with Crippen LogP contribution in [0.1, 0.15) is 6.92 Å². The molecule has 0 radical (unpaired) electrons. The fourth-order valence-electron chi connectivity index (χ4n) is 1.31. The summed E-state index contributed by atoms with van der Waals surface area (Å²) in [5.74, 6) is 1.66. The van der Waals surface area contributed by atoms with Gasteiger partial charge in [-0.2, -0.15) is 0 Å². The van der Waals surface area contributed by atoms with Gasteiger partial charge in [-0.1, -0.05) is 42.5 Å². The largest absolute Gasteiger partial charge is 1.00 e. The third-order valence-electron chi connectivity index (χ3n) is 2.11. The molecule has 0 aliphatic carbocycles. The van der Waals surface area contributed by atoms with Crippen molar-refractivity contribution < 1.29 is 44.1 Å². The Hall–Kier alpha value is -1.16. The van der Waals surface area contributed by atoms with Crippen LogP contribution in [0, 0.1) is 0 Å². The Morgan fingerprint density at radius 1 is 0.895 bits per heavy atom. The molecule has 0 aromatic heterocycles. The summed E-state index contributed by atoms with van der Waals surface area (Å²) >= 11 is 0. The summed E-state index contributed by atoms with van der Waals surface area (Å²) in [7, 11) is 1.64. The topological polar surface area (TPSA) is 41.5 Å². The van der Waals surface area contributed by atoms with E-state index in [4.69, 9.17) is 9.47 Å². The zero-order valence-corrected chi connectivity index (χ0v) is 13.6. The fraction of sp³-hybridized carbons (Fsp3) is 0.200. The van der Waals surface area contributed by atoms with Crippen LogP contribution < -0.4 is 44.1 Å². The van der Waals surface area contributed by atoms with Gasteiger partial charge in [0.25, 0.3) is 0 Å². The van der Waals surface area contributed by atoms with E-state index in [1.54, 1.807) is 19.2 Å². The maximum Gasteiger partial charge on any atom is 1.00 e. The molecule has 0 heterocycles. The second kappa shape index (κ2) is 10.7. The molecule has 0 spiro atoms. The van der Waals surface area contributed by atoms with Crippen molar-refractivity contribution in [2.75, 3.05) is 13.7 Å². The van der Waals surface area contributed by atoms with Gasteiger partial charge in [-0.05, 0) is 19.1 Å². The summed E-state index contributed by atoms with van der Waals surface area (Å²) in [6.45, 7) is 2.62. The van der Waals surface area contributed by atoms with Crippen molar-refractivity contribution in [2.45, 2.75) is 6.92 Å². The third kappa shape index (κ3) is 7.11. The number of hydrogen-bond donors (Lipinski definition) is 0. The Kier molecular flexibility index (Phi) is 10.1. The van der Waals surface area contributed by atoms with Crippen LogP contribution in [0.25, 0.3) is 0 Å². The van der Waals surface area contributed by atoms with Gasteiger partial charge >= 0.3 is 29.6 Å². The van der Waals surface area contributed by atoms with Crippen molar-refractivity contribution in [3.05, 3.63) is 54.6 Å². The van der Waals surface area contributed by atoms with Gasteiger partial charge in [0, 0.05) is 0 Å². The minimum Gasteiger partial charge on any atom is -0.872 e. The summed E-state index contributed by atoms with van der Waals surface area (Å²) in [6, 6.07) is 15.9. The van der Waals surface area contributed by atoms with Crippen molar-refractivity contribution in [1.82, 2.24) is 0 Å². The summed E-state index contributed by atoms with van der Waals surface area (Å²) in [5.41, 5.74) is 0. The van der Waals surface area contributed by atoms with Gasteiger partial charge in [-0.15, -0.1) is 5.75 Å². The molecule has 0 atom stereocenters. The average Bonchev–Trinajstić information content (AvgIpc) is 2.41. The van der Waals surface area contributed by atoms with Crippen LogP contribution in [0.15, 0.2) is 54.6 Å². The van der Waals surface area contributed by atoms with Crippen LogP contribution in [0.5, 0.6) is 17.2 Å². The van der Waals surface area contributed by atoms with Crippen LogP contribution in [0.3, 0.4) is 0 Å². The molecule has 19 heavy (non-hydrogen) atoms. The first-order valence-electron chi connectivity index (χ1n) is 5.75. The number of ether oxygens (including phenoxy) is 2. The number of methoxy groups -OCH3 is 1. The summed E-state index contributed by atoms with van der Waals surface area (Å²) < 4.78 is 10.4. The Bertz CT molecular complexity index is 446. The van der Waals surface area contributed by atoms with Crippen LogP contribution in [0.4, 0.5) is 0 Å². The van der Waals surface area contributed by atoms with E-state index in [1.807, 2.05) is 37.3 Å². The van der Waals surface area contributed by atoms with Gasteiger partial charge in [0.1, 0.15) is 0 Å². The molecular formula is C15H17NaO3. The van der Waals surface area contributed by atoms with Crippen molar-refractivity contribution in [1.29, 1.82) is 0 Å². The van der Waals surface area contributed by atoms with Crippen molar-refractivity contribution >= 4 is 0 Å². The van der Waals surface area contributed by atoms with Gasteiger partial charge in [0.05, 0.1) is 13.7 Å². The van der Waals surface area contributed by atoms with E-state index < -0.39 is 0 Å². The molecule has 0 aliphatic rings. The molecule has 0 saturated heterocycles. The van der Waals surface area contributed by atoms with E-state index >= 15 is 0 Å². The Morgan fingerprint density at radius 3 is 1.84 bits per heavy atom. The summed E-state index contributed by atoms with van der Waals surface area (Å²) in [5, 5.41) is 10.3. The van der Waals surface area contributed by atoms with Gasteiger partial charge in [-0.25, -0.2) is 0 Å². The monoisotopic (exact) mass is 268 g/mol. The standard InChI is InChI=1S/C9H12O2.C6H6O.Na/c1-3-11-9-7-5-4-6-8(9)10-2;7-6-4-2-1-3-5-6;/h4-7H,3H2,1-2H3;1-5,7H;/q;;+1/p-1. The summed E-state index contributed by atoms with van der Waals surface area (Å²) in [4.78, 5) is 0. The van der Waals surface area contributed by atoms with Gasteiger partial charge in [-0.3, -0.25) is 0 Å². The van der Waals surface area contributed by atoms with Crippen molar-refractivity contribution in [3.8, 4) is 17.2 Å². The molecule has 0 saturated carbocycles. The molecule has 2 aromatic carbocycles. The maximum absolute atomic E-state index is 10.3. The molecule has 0 aliphatic heterocycles. The van der Waals surface area contributed by atoms with Gasteiger partial charge in [0.2, 0.25) is 0 Å². The minimum absolute atomic E-state index is 0. The van der Waals surface area contributed by atoms with E-state index in [-0.39, 0.29) is 35.3 Å². The first-order valence-corrected chi connectivity index (χ1v) is 5.75. The molecule has 2 aromatic rings. The van der Waals surface area contributed by atoms with Crippen LogP contribution in [0.2, 0.25) is 0 Å². The SMILES string of the molecule is CCOc1ccccc1OC.[Na+].[O-]c1ccccc1. The average molecular weight is 268 g/mol. The number of benzene rings is 2. The van der Waals surface area contributed by atoms with Crippen LogP contribution in [-0.4, -0.2) is 13.7 Å². The van der Waals surface area contributed by atoms with E-state index in [0.29, 0.717) is 6.61 Å². The molecule has 3 nitrogen and oxygen atoms in total. The minimum atomic E-state index is 0. The Balaban J connectivity index is 0.000000352. The van der Waals surface area contributed by atoms with E-state index in [0.717, 1.165) is 11.5 Å². The predicted molar refractivity (Wildman–Crippen MR) is 70.1 cm³/mol. The summed E-state index contributed by atoms with van der Waals surface area (Å²) in [6.07, 6.45) is 0. The molecule has 0 unspecified atom stereocenters. The zero-order valence-electron chi connectivity index (χ0n) is 11.6. The molecule has 0 amide bonds. The molecule has 0 N–H and O–H groups in total. The fourth-order valence-corrected chi connectivity index (χ4v) is 1.31. The van der Waals surface area contributed by atoms with Crippen LogP contribution >= 0.6 is 0 Å². The maximum atomic E-state index is 10.3. The quantitative estimate of drug-likeness (QED) is 0.728. The smallest absolute Gasteiger partial charge is 0.872 e. The van der Waals surface area contributed by atoms with E-state index in [9.17, 15) is 5.11 Å². The molecule has 96 valence electrons. The number of hydrogen-bond acceptors (Lipinski definition) is 3. The predicted octanol–water partition coefficient (Wildman–Crippen LogP) is -0.142.